The second kappa shape index (κ2) is 6.00. The predicted molar refractivity (Wildman–Crippen MR) is 67.7 cm³/mol. The van der Waals surface area contributed by atoms with E-state index in [0.717, 1.165) is 6.07 Å². The Labute approximate surface area is 110 Å². The van der Waals surface area contributed by atoms with Crippen LogP contribution >= 0.6 is 11.6 Å². The SMILES string of the molecule is CC(C)NC(=O)C(C)Nc1c(F)cc(F)cc1Cl. The number of nitrogens with one attached hydrogen (secondary N) is 2. The third-order valence-corrected chi connectivity index (χ3v) is 2.49. The summed E-state index contributed by atoms with van der Waals surface area (Å²) in [6.07, 6.45) is 0. The van der Waals surface area contributed by atoms with Gasteiger partial charge in [-0.2, -0.15) is 0 Å². The highest BCUT2D eigenvalue weighted by Gasteiger charge is 2.17. The van der Waals surface area contributed by atoms with E-state index in [9.17, 15) is 13.6 Å². The zero-order valence-corrected chi connectivity index (χ0v) is 11.1. The summed E-state index contributed by atoms with van der Waals surface area (Å²) >= 11 is 5.72. The van der Waals surface area contributed by atoms with Gasteiger partial charge in [0.05, 0.1) is 10.7 Å². The maximum atomic E-state index is 13.5. The van der Waals surface area contributed by atoms with Gasteiger partial charge in [0, 0.05) is 12.1 Å². The number of benzene rings is 1. The first-order chi connectivity index (χ1) is 8.31. The molecule has 0 aliphatic rings. The number of hydrogen-bond donors (Lipinski definition) is 2. The quantitative estimate of drug-likeness (QED) is 0.888. The van der Waals surface area contributed by atoms with Gasteiger partial charge in [-0.3, -0.25) is 4.79 Å². The van der Waals surface area contributed by atoms with Gasteiger partial charge < -0.3 is 10.6 Å². The van der Waals surface area contributed by atoms with Crippen molar-refractivity contribution in [3.63, 3.8) is 0 Å². The van der Waals surface area contributed by atoms with Gasteiger partial charge in [0.1, 0.15) is 11.9 Å². The van der Waals surface area contributed by atoms with Gasteiger partial charge in [0.15, 0.2) is 5.82 Å². The fourth-order valence-electron chi connectivity index (χ4n) is 1.37. The van der Waals surface area contributed by atoms with Crippen molar-refractivity contribution >= 4 is 23.2 Å². The smallest absolute Gasteiger partial charge is 0.242 e. The van der Waals surface area contributed by atoms with Crippen molar-refractivity contribution in [3.8, 4) is 0 Å². The topological polar surface area (TPSA) is 41.1 Å². The van der Waals surface area contributed by atoms with Crippen molar-refractivity contribution in [2.75, 3.05) is 5.32 Å². The second-order valence-electron chi connectivity index (χ2n) is 4.27. The van der Waals surface area contributed by atoms with Gasteiger partial charge in [-0.15, -0.1) is 0 Å². The molecule has 1 amide bonds. The van der Waals surface area contributed by atoms with Crippen molar-refractivity contribution < 1.29 is 13.6 Å². The minimum Gasteiger partial charge on any atom is -0.370 e. The molecular formula is C12H15ClF2N2O. The summed E-state index contributed by atoms with van der Waals surface area (Å²) in [5, 5.41) is 5.20. The molecule has 1 rings (SSSR count). The molecule has 0 aromatic heterocycles. The average molecular weight is 277 g/mol. The van der Waals surface area contributed by atoms with E-state index in [0.29, 0.717) is 6.07 Å². The molecule has 1 aromatic carbocycles. The monoisotopic (exact) mass is 276 g/mol. The number of rotatable bonds is 4. The minimum absolute atomic E-state index is 0.0183. The molecule has 0 saturated carbocycles. The summed E-state index contributed by atoms with van der Waals surface area (Å²) in [5.41, 5.74) is -0.0792. The Bertz CT molecular complexity index is 429. The lowest BCUT2D eigenvalue weighted by molar-refractivity contribution is -0.122. The minimum atomic E-state index is -0.829. The molecule has 1 unspecified atom stereocenters. The van der Waals surface area contributed by atoms with Crippen molar-refractivity contribution in [2.24, 2.45) is 0 Å². The van der Waals surface area contributed by atoms with Crippen molar-refractivity contribution in [2.45, 2.75) is 32.9 Å². The molecule has 0 saturated heterocycles. The lowest BCUT2D eigenvalue weighted by Crippen LogP contribution is -2.41. The normalized spacial score (nSPS) is 12.4. The van der Waals surface area contributed by atoms with E-state index < -0.39 is 17.7 Å². The van der Waals surface area contributed by atoms with E-state index in [1.54, 1.807) is 6.92 Å². The summed E-state index contributed by atoms with van der Waals surface area (Å²) in [7, 11) is 0. The molecule has 0 aliphatic carbocycles. The molecule has 3 nitrogen and oxygen atoms in total. The molecule has 0 radical (unpaired) electrons. The summed E-state index contributed by atoms with van der Waals surface area (Å²) < 4.78 is 26.3. The molecule has 0 fully saturated rings. The van der Waals surface area contributed by atoms with Gasteiger partial charge in [0.25, 0.3) is 0 Å². The maximum absolute atomic E-state index is 13.5. The number of carbonyl (C=O) groups excluding carboxylic acids is 1. The molecule has 0 bridgehead atoms. The Kier molecular flexibility index (Phi) is 4.90. The van der Waals surface area contributed by atoms with Crippen LogP contribution in [0.3, 0.4) is 0 Å². The van der Waals surface area contributed by atoms with Crippen LogP contribution < -0.4 is 10.6 Å². The zero-order chi connectivity index (χ0) is 13.9. The molecule has 2 N–H and O–H groups in total. The number of hydrogen-bond acceptors (Lipinski definition) is 2. The van der Waals surface area contributed by atoms with Crippen molar-refractivity contribution in [1.82, 2.24) is 5.32 Å². The second-order valence-corrected chi connectivity index (χ2v) is 4.68. The predicted octanol–water partition coefficient (Wildman–Crippen LogP) is 2.94. The van der Waals surface area contributed by atoms with Crippen LogP contribution in [0.4, 0.5) is 14.5 Å². The van der Waals surface area contributed by atoms with Crippen molar-refractivity contribution in [1.29, 1.82) is 0 Å². The van der Waals surface area contributed by atoms with Crippen LogP contribution in [0.15, 0.2) is 12.1 Å². The fraction of sp³-hybridized carbons (Fsp3) is 0.417. The van der Waals surface area contributed by atoms with Gasteiger partial charge in [-0.1, -0.05) is 11.6 Å². The highest BCUT2D eigenvalue weighted by molar-refractivity contribution is 6.33. The summed E-state index contributed by atoms with van der Waals surface area (Å²) in [6, 6.07) is 1.00. The standard InChI is InChI=1S/C12H15ClF2N2O/c1-6(2)16-12(18)7(3)17-11-9(13)4-8(14)5-10(11)15/h4-7,17H,1-3H3,(H,16,18). The van der Waals surface area contributed by atoms with E-state index in [1.165, 1.54) is 0 Å². The number of halogens is 3. The van der Waals surface area contributed by atoms with E-state index in [1.807, 2.05) is 13.8 Å². The third-order valence-electron chi connectivity index (χ3n) is 2.19. The van der Waals surface area contributed by atoms with Crippen LogP contribution in [-0.2, 0) is 4.79 Å². The molecule has 0 heterocycles. The van der Waals surface area contributed by atoms with Crippen LogP contribution in [0, 0.1) is 11.6 Å². The summed E-state index contributed by atoms with van der Waals surface area (Å²) in [6.45, 7) is 5.20. The van der Waals surface area contributed by atoms with Gasteiger partial charge in [-0.05, 0) is 26.8 Å². The lowest BCUT2D eigenvalue weighted by atomic mass is 10.2. The van der Waals surface area contributed by atoms with Crippen LogP contribution in [0.2, 0.25) is 5.02 Å². The Morgan fingerprint density at radius 3 is 2.39 bits per heavy atom. The molecule has 6 heteroatoms. The molecule has 100 valence electrons. The first-order valence-corrected chi connectivity index (χ1v) is 5.90. The molecule has 1 aromatic rings. The van der Waals surface area contributed by atoms with Crippen molar-refractivity contribution in [3.05, 3.63) is 28.8 Å². The van der Waals surface area contributed by atoms with E-state index in [-0.39, 0.29) is 22.7 Å². The summed E-state index contributed by atoms with van der Waals surface area (Å²) in [5.74, 6) is -1.88. The average Bonchev–Trinajstić information content (AvgIpc) is 2.21. The largest absolute Gasteiger partial charge is 0.370 e. The van der Waals surface area contributed by atoms with Crippen LogP contribution in [-0.4, -0.2) is 18.0 Å². The Morgan fingerprint density at radius 2 is 1.89 bits per heavy atom. The van der Waals surface area contributed by atoms with E-state index in [2.05, 4.69) is 10.6 Å². The Hall–Kier alpha value is -1.36. The summed E-state index contributed by atoms with van der Waals surface area (Å²) in [4.78, 5) is 11.6. The first-order valence-electron chi connectivity index (χ1n) is 5.52. The number of amides is 1. The highest BCUT2D eigenvalue weighted by Crippen LogP contribution is 2.26. The number of carbonyl (C=O) groups is 1. The zero-order valence-electron chi connectivity index (χ0n) is 10.4. The van der Waals surface area contributed by atoms with Gasteiger partial charge in [0.2, 0.25) is 5.91 Å². The molecule has 0 aliphatic heterocycles. The molecule has 1 atom stereocenters. The van der Waals surface area contributed by atoms with E-state index >= 15 is 0 Å². The van der Waals surface area contributed by atoms with Gasteiger partial charge >= 0.3 is 0 Å². The van der Waals surface area contributed by atoms with Crippen LogP contribution in [0.25, 0.3) is 0 Å². The molecule has 18 heavy (non-hydrogen) atoms. The molecular weight excluding hydrogens is 262 g/mol. The first kappa shape index (κ1) is 14.7. The highest BCUT2D eigenvalue weighted by atomic mass is 35.5. The third kappa shape index (κ3) is 3.84. The Balaban J connectivity index is 2.82. The molecule has 0 spiro atoms. The van der Waals surface area contributed by atoms with Crippen LogP contribution in [0.1, 0.15) is 20.8 Å². The fourth-order valence-corrected chi connectivity index (χ4v) is 1.62. The Morgan fingerprint density at radius 1 is 1.28 bits per heavy atom. The van der Waals surface area contributed by atoms with Crippen LogP contribution in [0.5, 0.6) is 0 Å². The maximum Gasteiger partial charge on any atom is 0.242 e. The number of anilines is 1. The van der Waals surface area contributed by atoms with Gasteiger partial charge in [-0.25, -0.2) is 8.78 Å². The lowest BCUT2D eigenvalue weighted by Gasteiger charge is -2.18. The van der Waals surface area contributed by atoms with E-state index in [4.69, 9.17) is 11.6 Å².